The summed E-state index contributed by atoms with van der Waals surface area (Å²) >= 11 is 1.02. The van der Waals surface area contributed by atoms with Crippen LogP contribution in [0.25, 0.3) is 11.3 Å². The lowest BCUT2D eigenvalue weighted by molar-refractivity contribution is -0.0438. The van der Waals surface area contributed by atoms with Gasteiger partial charge in [0.2, 0.25) is 0 Å². The van der Waals surface area contributed by atoms with E-state index in [4.69, 9.17) is 9.47 Å². The first-order valence-electron chi connectivity index (χ1n) is 8.60. The van der Waals surface area contributed by atoms with E-state index < -0.39 is 31.8 Å². The highest BCUT2D eigenvalue weighted by molar-refractivity contribution is 7.92. The number of alkyl halides is 3. The Kier molecular flexibility index (Phi) is 5.31. The summed E-state index contributed by atoms with van der Waals surface area (Å²) in [5.41, 5.74) is -5.19. The monoisotopic (exact) mass is 471 g/mol. The van der Waals surface area contributed by atoms with Crippen LogP contribution >= 0.6 is 11.3 Å². The fraction of sp³-hybridized carbons (Fsp3) is 0.167. The molecule has 0 bridgehead atoms. The molecule has 0 fully saturated rings. The minimum Gasteiger partial charge on any atom is -0.486 e. The number of hydrogen-bond acceptors (Lipinski definition) is 8. The Bertz CT molecular complexity index is 1260. The van der Waals surface area contributed by atoms with Gasteiger partial charge in [-0.25, -0.2) is 18.4 Å². The summed E-state index contributed by atoms with van der Waals surface area (Å²) in [4.78, 5) is 20.0. The third kappa shape index (κ3) is 4.05. The topological polar surface area (TPSA) is 107 Å². The van der Waals surface area contributed by atoms with E-state index in [1.165, 1.54) is 0 Å². The van der Waals surface area contributed by atoms with Crippen LogP contribution in [-0.4, -0.2) is 43.0 Å². The molecule has 0 spiro atoms. The molecule has 1 amide bonds. The number of ether oxygens (including phenoxy) is 2. The lowest BCUT2D eigenvalue weighted by atomic mass is 10.1. The van der Waals surface area contributed by atoms with Gasteiger partial charge < -0.3 is 9.47 Å². The van der Waals surface area contributed by atoms with Crippen LogP contribution in [-0.2, 0) is 9.84 Å². The van der Waals surface area contributed by atoms with Crippen LogP contribution in [0.4, 0.5) is 18.3 Å². The molecule has 0 atom stereocenters. The summed E-state index contributed by atoms with van der Waals surface area (Å²) in [5.74, 6) is 0.0485. The smallest absolute Gasteiger partial charge is 0.486 e. The van der Waals surface area contributed by atoms with Crippen molar-refractivity contribution in [2.45, 2.75) is 10.5 Å². The van der Waals surface area contributed by atoms with E-state index in [0.717, 1.165) is 29.7 Å². The zero-order chi connectivity index (χ0) is 22.2. The Morgan fingerprint density at radius 3 is 2.61 bits per heavy atom. The number of fused-ring (bicyclic) bond motifs is 1. The molecule has 3 aromatic rings. The molecular formula is C18H12F3N3O5S2. The van der Waals surface area contributed by atoms with E-state index in [9.17, 15) is 26.4 Å². The van der Waals surface area contributed by atoms with Crippen molar-refractivity contribution < 1.29 is 35.9 Å². The standard InChI is InChI=1S/C18H12F3N3O5S2/c19-18(20,21)31(26,27)16-11(2-1-5-22-16)15(25)24-17-23-12(9-30-17)10-3-4-13-14(8-10)29-7-6-28-13/h1-5,8-9H,6-7H2,(H,23,24,25). The minimum atomic E-state index is -5.81. The van der Waals surface area contributed by atoms with Crippen LogP contribution in [0, 0.1) is 0 Å². The summed E-state index contributed by atoms with van der Waals surface area (Å²) in [6.07, 6.45) is 0.860. The molecule has 3 heterocycles. The second-order valence-corrected chi connectivity index (χ2v) is 8.87. The molecule has 1 aromatic carbocycles. The van der Waals surface area contributed by atoms with Crippen molar-refractivity contribution in [2.75, 3.05) is 18.5 Å². The molecule has 31 heavy (non-hydrogen) atoms. The predicted molar refractivity (Wildman–Crippen MR) is 104 cm³/mol. The fourth-order valence-electron chi connectivity index (χ4n) is 2.72. The van der Waals surface area contributed by atoms with Crippen molar-refractivity contribution in [2.24, 2.45) is 0 Å². The van der Waals surface area contributed by atoms with Crippen LogP contribution in [0.1, 0.15) is 10.4 Å². The molecule has 0 saturated heterocycles. The molecule has 0 unspecified atom stereocenters. The highest BCUT2D eigenvalue weighted by atomic mass is 32.2. The van der Waals surface area contributed by atoms with E-state index in [2.05, 4.69) is 15.3 Å². The van der Waals surface area contributed by atoms with Crippen LogP contribution in [0.2, 0.25) is 0 Å². The summed E-state index contributed by atoms with van der Waals surface area (Å²) in [6.45, 7) is 0.850. The lowest BCUT2D eigenvalue weighted by Crippen LogP contribution is -2.27. The van der Waals surface area contributed by atoms with Gasteiger partial charge in [-0.2, -0.15) is 13.2 Å². The Morgan fingerprint density at radius 2 is 1.87 bits per heavy atom. The molecule has 8 nitrogen and oxygen atoms in total. The number of nitrogens with one attached hydrogen (secondary N) is 1. The van der Waals surface area contributed by atoms with Crippen molar-refractivity contribution in [3.05, 3.63) is 47.5 Å². The average Bonchev–Trinajstić information content (AvgIpc) is 3.21. The highest BCUT2D eigenvalue weighted by Crippen LogP contribution is 2.36. The number of sulfone groups is 1. The van der Waals surface area contributed by atoms with E-state index >= 15 is 0 Å². The van der Waals surface area contributed by atoms with Gasteiger partial charge in [0.05, 0.1) is 11.3 Å². The Morgan fingerprint density at radius 1 is 1.13 bits per heavy atom. The summed E-state index contributed by atoms with van der Waals surface area (Å²) in [6, 6.07) is 7.27. The molecule has 1 N–H and O–H groups in total. The van der Waals surface area contributed by atoms with Crippen LogP contribution < -0.4 is 14.8 Å². The van der Waals surface area contributed by atoms with Gasteiger partial charge in [-0.15, -0.1) is 11.3 Å². The number of benzene rings is 1. The Hall–Kier alpha value is -3.19. The third-order valence-corrected chi connectivity index (χ3v) is 6.34. The number of amides is 1. The third-order valence-electron chi connectivity index (χ3n) is 4.14. The predicted octanol–water partition coefficient (Wildman–Crippen LogP) is 3.52. The van der Waals surface area contributed by atoms with Gasteiger partial charge in [-0.3, -0.25) is 10.1 Å². The molecule has 1 aliphatic rings. The summed E-state index contributed by atoms with van der Waals surface area (Å²) in [7, 11) is -5.81. The van der Waals surface area contributed by atoms with Crippen molar-refractivity contribution in [3.8, 4) is 22.8 Å². The van der Waals surface area contributed by atoms with Gasteiger partial charge in [-0.05, 0) is 30.3 Å². The minimum absolute atomic E-state index is 0.0640. The number of carbonyl (C=O) groups is 1. The van der Waals surface area contributed by atoms with E-state index in [1.807, 2.05) is 0 Å². The summed E-state index contributed by atoms with van der Waals surface area (Å²) in [5, 5.41) is 2.63. The fourth-order valence-corrected chi connectivity index (χ4v) is 4.30. The molecule has 0 radical (unpaired) electrons. The number of aromatic nitrogens is 2. The van der Waals surface area contributed by atoms with Crippen molar-refractivity contribution in [3.63, 3.8) is 0 Å². The zero-order valence-corrected chi connectivity index (χ0v) is 17.0. The molecule has 0 aliphatic carbocycles. The zero-order valence-electron chi connectivity index (χ0n) is 15.3. The molecule has 1 aliphatic heterocycles. The number of carbonyl (C=O) groups excluding carboxylic acids is 1. The van der Waals surface area contributed by atoms with Gasteiger partial charge in [0.1, 0.15) is 13.2 Å². The first kappa shape index (κ1) is 21.1. The van der Waals surface area contributed by atoms with Gasteiger partial charge in [0.25, 0.3) is 15.7 Å². The number of halogens is 3. The first-order chi connectivity index (χ1) is 14.7. The Labute approximate surface area is 177 Å². The SMILES string of the molecule is O=C(Nc1nc(-c2ccc3c(c2)OCCO3)cs1)c1cccnc1S(=O)(=O)C(F)(F)F. The number of nitrogens with zero attached hydrogens (tertiary/aromatic N) is 2. The number of pyridine rings is 1. The largest absolute Gasteiger partial charge is 0.503 e. The molecule has 162 valence electrons. The van der Waals surface area contributed by atoms with Crippen molar-refractivity contribution >= 4 is 32.2 Å². The molecular weight excluding hydrogens is 459 g/mol. The maximum absolute atomic E-state index is 12.9. The Balaban J connectivity index is 1.59. The van der Waals surface area contributed by atoms with Crippen LogP contribution in [0.5, 0.6) is 11.5 Å². The van der Waals surface area contributed by atoms with Gasteiger partial charge in [0.15, 0.2) is 21.7 Å². The maximum Gasteiger partial charge on any atom is 0.503 e. The average molecular weight is 471 g/mol. The number of anilines is 1. The van der Waals surface area contributed by atoms with Gasteiger partial charge in [0, 0.05) is 17.1 Å². The van der Waals surface area contributed by atoms with Gasteiger partial charge in [-0.1, -0.05) is 0 Å². The highest BCUT2D eigenvalue weighted by Gasteiger charge is 2.49. The van der Waals surface area contributed by atoms with Gasteiger partial charge >= 0.3 is 5.51 Å². The van der Waals surface area contributed by atoms with Crippen molar-refractivity contribution in [1.29, 1.82) is 0 Å². The second-order valence-electron chi connectivity index (χ2n) is 6.16. The normalized spacial score (nSPS) is 13.6. The quantitative estimate of drug-likeness (QED) is 0.620. The second kappa shape index (κ2) is 7.81. The van der Waals surface area contributed by atoms with E-state index in [-0.39, 0.29) is 5.13 Å². The molecule has 4 rings (SSSR count). The number of hydrogen-bond donors (Lipinski definition) is 1. The van der Waals surface area contributed by atoms with Crippen LogP contribution in [0.3, 0.4) is 0 Å². The van der Waals surface area contributed by atoms with E-state index in [1.54, 1.807) is 23.6 Å². The van der Waals surface area contributed by atoms with Crippen LogP contribution in [0.15, 0.2) is 46.9 Å². The van der Waals surface area contributed by atoms with E-state index in [0.29, 0.717) is 36.0 Å². The molecule has 2 aromatic heterocycles. The summed E-state index contributed by atoms with van der Waals surface area (Å²) < 4.78 is 73.2. The van der Waals surface area contributed by atoms with Crippen molar-refractivity contribution in [1.82, 2.24) is 9.97 Å². The number of thiazole rings is 1. The first-order valence-corrected chi connectivity index (χ1v) is 11.0. The molecule has 13 heteroatoms. The molecule has 0 saturated carbocycles. The number of rotatable bonds is 4. The lowest BCUT2D eigenvalue weighted by Gasteiger charge is -2.18. The maximum atomic E-state index is 12.9.